The largest absolute Gasteiger partial charge is 0.386 e. The fourth-order valence-electron chi connectivity index (χ4n) is 2.38. The highest BCUT2D eigenvalue weighted by Crippen LogP contribution is 2.22. The number of nitrogens with zero attached hydrogens (tertiary/aromatic N) is 1. The van der Waals surface area contributed by atoms with Crippen LogP contribution in [-0.4, -0.2) is 9.67 Å². The summed E-state index contributed by atoms with van der Waals surface area (Å²) in [5.74, 6) is 0. The molecular weight excluding hydrogens is 214 g/mol. The van der Waals surface area contributed by atoms with E-state index in [1.807, 2.05) is 26.8 Å². The number of pyridine rings is 1. The lowest BCUT2D eigenvalue weighted by atomic mass is 9.94. The Morgan fingerprint density at radius 1 is 1.41 bits per heavy atom. The molecule has 1 unspecified atom stereocenters. The summed E-state index contributed by atoms with van der Waals surface area (Å²) in [5.41, 5.74) is 1.16. The average molecular weight is 237 g/mol. The summed E-state index contributed by atoms with van der Waals surface area (Å²) in [6.07, 6.45) is 0.898. The molecule has 17 heavy (non-hydrogen) atoms. The van der Waals surface area contributed by atoms with Gasteiger partial charge in [0.15, 0.2) is 0 Å². The van der Waals surface area contributed by atoms with E-state index in [0.29, 0.717) is 5.56 Å². The third kappa shape index (κ3) is 2.60. The van der Waals surface area contributed by atoms with Crippen LogP contribution in [-0.2, 0) is 5.60 Å². The van der Waals surface area contributed by atoms with Crippen LogP contribution >= 0.6 is 0 Å². The second kappa shape index (κ2) is 4.65. The molecule has 0 aliphatic heterocycles. The van der Waals surface area contributed by atoms with Crippen molar-refractivity contribution < 1.29 is 5.11 Å². The van der Waals surface area contributed by atoms with Gasteiger partial charge in [-0.15, -0.1) is 0 Å². The smallest absolute Gasteiger partial charge is 0.257 e. The lowest BCUT2D eigenvalue weighted by Gasteiger charge is -2.24. The number of aryl methyl sites for hydroxylation is 2. The van der Waals surface area contributed by atoms with Crippen LogP contribution in [0.5, 0.6) is 0 Å². The molecule has 0 saturated heterocycles. The Hall–Kier alpha value is -1.09. The summed E-state index contributed by atoms with van der Waals surface area (Å²) in [6.45, 7) is 11.2. The normalized spacial score (nSPS) is 13.8. The van der Waals surface area contributed by atoms with Crippen molar-refractivity contribution in [1.82, 2.24) is 4.57 Å². The minimum Gasteiger partial charge on any atom is -0.386 e. The van der Waals surface area contributed by atoms with Crippen LogP contribution in [0.2, 0.25) is 0 Å². The van der Waals surface area contributed by atoms with Gasteiger partial charge in [-0.1, -0.05) is 6.92 Å². The van der Waals surface area contributed by atoms with Crippen LogP contribution in [0.25, 0.3) is 0 Å². The summed E-state index contributed by atoms with van der Waals surface area (Å²) in [6, 6.07) is 2.13. The molecule has 1 rings (SSSR count). The maximum absolute atomic E-state index is 12.5. The van der Waals surface area contributed by atoms with Crippen molar-refractivity contribution in [3.8, 4) is 0 Å². The van der Waals surface area contributed by atoms with Gasteiger partial charge >= 0.3 is 0 Å². The van der Waals surface area contributed by atoms with Crippen molar-refractivity contribution >= 4 is 0 Å². The minimum absolute atomic E-state index is 0.0654. The van der Waals surface area contributed by atoms with Crippen LogP contribution in [0, 0.1) is 13.8 Å². The Balaban J connectivity index is 3.61. The Morgan fingerprint density at radius 3 is 2.35 bits per heavy atom. The van der Waals surface area contributed by atoms with E-state index < -0.39 is 5.60 Å². The molecule has 0 saturated carbocycles. The average Bonchev–Trinajstić information content (AvgIpc) is 2.13. The highest BCUT2D eigenvalue weighted by atomic mass is 16.3. The van der Waals surface area contributed by atoms with Crippen molar-refractivity contribution in [2.45, 2.75) is 59.6 Å². The molecule has 0 aliphatic carbocycles. The Labute approximate surface area is 103 Å². The molecule has 96 valence electrons. The molecule has 1 N–H and O–H groups in total. The van der Waals surface area contributed by atoms with E-state index in [0.717, 1.165) is 17.7 Å². The van der Waals surface area contributed by atoms with Crippen LogP contribution in [0.4, 0.5) is 0 Å². The zero-order valence-electron chi connectivity index (χ0n) is 11.7. The zero-order chi connectivity index (χ0) is 13.4. The van der Waals surface area contributed by atoms with Crippen LogP contribution < -0.4 is 5.56 Å². The number of hydrogen-bond acceptors (Lipinski definition) is 2. The standard InChI is InChI=1S/C14H23NO2/c1-7-10(3)15-11(4)8-9(2)12(13(15)16)14(5,6)17/h8,10,17H,7H2,1-6H3. The van der Waals surface area contributed by atoms with E-state index >= 15 is 0 Å². The van der Waals surface area contributed by atoms with Crippen molar-refractivity contribution in [2.24, 2.45) is 0 Å². The van der Waals surface area contributed by atoms with E-state index in [1.54, 1.807) is 18.4 Å². The quantitative estimate of drug-likeness (QED) is 0.878. The molecule has 3 nitrogen and oxygen atoms in total. The van der Waals surface area contributed by atoms with Gasteiger partial charge < -0.3 is 9.67 Å². The highest BCUT2D eigenvalue weighted by Gasteiger charge is 2.25. The predicted molar refractivity (Wildman–Crippen MR) is 70.4 cm³/mol. The molecule has 1 heterocycles. The molecule has 1 atom stereocenters. The summed E-state index contributed by atoms with van der Waals surface area (Å²) in [4.78, 5) is 12.5. The maximum atomic E-state index is 12.5. The number of rotatable bonds is 3. The second-order valence-corrected chi connectivity index (χ2v) is 5.34. The van der Waals surface area contributed by atoms with Crippen LogP contribution in [0.3, 0.4) is 0 Å². The first kappa shape index (κ1) is 14.0. The van der Waals surface area contributed by atoms with Gasteiger partial charge in [0.25, 0.3) is 5.56 Å². The molecule has 3 heteroatoms. The lowest BCUT2D eigenvalue weighted by Crippen LogP contribution is -2.35. The Morgan fingerprint density at radius 2 is 1.94 bits per heavy atom. The third-order valence-electron chi connectivity index (χ3n) is 3.28. The molecule has 0 fully saturated rings. The molecule has 0 radical (unpaired) electrons. The van der Waals surface area contributed by atoms with Crippen molar-refractivity contribution in [1.29, 1.82) is 0 Å². The Kier molecular flexibility index (Phi) is 3.82. The topological polar surface area (TPSA) is 42.2 Å². The van der Waals surface area contributed by atoms with E-state index in [2.05, 4.69) is 6.92 Å². The predicted octanol–water partition coefficient (Wildman–Crippen LogP) is 2.66. The lowest BCUT2D eigenvalue weighted by molar-refractivity contribution is 0.0755. The van der Waals surface area contributed by atoms with Gasteiger partial charge in [0, 0.05) is 11.7 Å². The van der Waals surface area contributed by atoms with Crippen LogP contribution in [0.1, 0.15) is 57.0 Å². The molecule has 1 aromatic rings. The van der Waals surface area contributed by atoms with E-state index in [-0.39, 0.29) is 11.6 Å². The fraction of sp³-hybridized carbons (Fsp3) is 0.643. The summed E-state index contributed by atoms with van der Waals surface area (Å²) in [7, 11) is 0. The molecule has 0 aromatic carbocycles. The monoisotopic (exact) mass is 237 g/mol. The number of hydrogen-bond donors (Lipinski definition) is 1. The van der Waals surface area contributed by atoms with Crippen molar-refractivity contribution in [3.05, 3.63) is 33.2 Å². The first-order chi connectivity index (χ1) is 7.70. The zero-order valence-corrected chi connectivity index (χ0v) is 11.7. The molecule has 0 amide bonds. The van der Waals surface area contributed by atoms with E-state index in [9.17, 15) is 9.90 Å². The second-order valence-electron chi connectivity index (χ2n) is 5.34. The third-order valence-corrected chi connectivity index (χ3v) is 3.28. The summed E-state index contributed by atoms with van der Waals surface area (Å²) < 4.78 is 1.78. The highest BCUT2D eigenvalue weighted by molar-refractivity contribution is 5.30. The summed E-state index contributed by atoms with van der Waals surface area (Å²) in [5, 5.41) is 10.1. The van der Waals surface area contributed by atoms with Gasteiger partial charge in [0.1, 0.15) is 0 Å². The molecule has 1 aromatic heterocycles. The van der Waals surface area contributed by atoms with Gasteiger partial charge in [-0.25, -0.2) is 0 Å². The summed E-state index contributed by atoms with van der Waals surface area (Å²) >= 11 is 0. The Bertz CT molecular complexity index is 466. The molecular formula is C14H23NO2. The van der Waals surface area contributed by atoms with E-state index in [1.165, 1.54) is 0 Å². The van der Waals surface area contributed by atoms with Gasteiger partial charge in [-0.2, -0.15) is 0 Å². The van der Waals surface area contributed by atoms with Gasteiger partial charge in [0.05, 0.1) is 11.2 Å². The van der Waals surface area contributed by atoms with Gasteiger partial charge in [-0.05, 0) is 52.7 Å². The molecule has 0 bridgehead atoms. The van der Waals surface area contributed by atoms with E-state index in [4.69, 9.17) is 0 Å². The maximum Gasteiger partial charge on any atom is 0.257 e. The van der Waals surface area contributed by atoms with Crippen LogP contribution in [0.15, 0.2) is 10.9 Å². The van der Waals surface area contributed by atoms with Gasteiger partial charge in [0.2, 0.25) is 0 Å². The minimum atomic E-state index is -1.09. The molecule has 0 spiro atoms. The van der Waals surface area contributed by atoms with Crippen molar-refractivity contribution in [2.75, 3.05) is 0 Å². The molecule has 0 aliphatic rings. The number of aromatic nitrogens is 1. The number of aliphatic hydroxyl groups is 1. The van der Waals surface area contributed by atoms with Gasteiger partial charge in [-0.3, -0.25) is 4.79 Å². The SMILES string of the molecule is CCC(C)n1c(C)cc(C)c(C(C)(C)O)c1=O. The first-order valence-corrected chi connectivity index (χ1v) is 6.15. The first-order valence-electron chi connectivity index (χ1n) is 6.15. The fourth-order valence-corrected chi connectivity index (χ4v) is 2.38. The van der Waals surface area contributed by atoms with Crippen molar-refractivity contribution in [3.63, 3.8) is 0 Å².